The highest BCUT2D eigenvalue weighted by molar-refractivity contribution is 8.00. The van der Waals surface area contributed by atoms with E-state index in [4.69, 9.17) is 4.74 Å². The van der Waals surface area contributed by atoms with Crippen molar-refractivity contribution in [2.24, 2.45) is 0 Å². The monoisotopic (exact) mass is 352 g/mol. The number of carbonyl (C=O) groups excluding carboxylic acids is 2. The third kappa shape index (κ3) is 5.61. The normalized spacial score (nSPS) is 11.7. The Labute approximate surface area is 141 Å². The fourth-order valence-electron chi connectivity index (χ4n) is 1.57. The average molecular weight is 352 g/mol. The molecular weight excluding hydrogens is 336 g/mol. The van der Waals surface area contributed by atoms with Gasteiger partial charge in [0.2, 0.25) is 5.91 Å². The van der Waals surface area contributed by atoms with Gasteiger partial charge in [-0.25, -0.2) is 15.0 Å². The average Bonchev–Trinajstić information content (AvgIpc) is 2.95. The van der Waals surface area contributed by atoms with Gasteiger partial charge in [0.1, 0.15) is 0 Å². The molecule has 0 aromatic carbocycles. The molecule has 0 aliphatic rings. The van der Waals surface area contributed by atoms with Gasteiger partial charge in [0.25, 0.3) is 0 Å². The minimum absolute atomic E-state index is 0.0996. The zero-order valence-corrected chi connectivity index (χ0v) is 14.3. The Hall–Kier alpha value is -2.00. The first kappa shape index (κ1) is 17.4. The summed E-state index contributed by atoms with van der Waals surface area (Å²) in [6.07, 6.45) is 3.35. The second-order valence-corrected chi connectivity index (χ2v) is 6.57. The maximum absolute atomic E-state index is 12.1. The van der Waals surface area contributed by atoms with Crippen molar-refractivity contribution in [3.05, 3.63) is 29.5 Å². The molecule has 0 saturated carbocycles. The predicted octanol–water partition coefficient (Wildman–Crippen LogP) is 2.16. The van der Waals surface area contributed by atoms with Gasteiger partial charge in [0.05, 0.1) is 24.0 Å². The number of thiazole rings is 1. The SMILES string of the molecule is CCOC(=O)Cc1csc(NC(=O)C(C)Sc2ncccn2)n1. The van der Waals surface area contributed by atoms with E-state index in [-0.39, 0.29) is 23.5 Å². The second kappa shape index (κ2) is 8.59. The number of hydrogen-bond acceptors (Lipinski definition) is 8. The fourth-order valence-corrected chi connectivity index (χ4v) is 3.01. The topological polar surface area (TPSA) is 94.1 Å². The molecule has 0 radical (unpaired) electrons. The van der Waals surface area contributed by atoms with E-state index in [9.17, 15) is 9.59 Å². The van der Waals surface area contributed by atoms with Gasteiger partial charge < -0.3 is 10.1 Å². The molecule has 2 rings (SSSR count). The van der Waals surface area contributed by atoms with E-state index >= 15 is 0 Å². The van der Waals surface area contributed by atoms with E-state index in [1.807, 2.05) is 0 Å². The van der Waals surface area contributed by atoms with Crippen LogP contribution >= 0.6 is 23.1 Å². The first-order valence-corrected chi connectivity index (χ1v) is 8.69. The van der Waals surface area contributed by atoms with Gasteiger partial charge in [0.15, 0.2) is 10.3 Å². The fraction of sp³-hybridized carbons (Fsp3) is 0.357. The molecule has 0 spiro atoms. The molecule has 2 aromatic rings. The van der Waals surface area contributed by atoms with Gasteiger partial charge in [0, 0.05) is 17.8 Å². The van der Waals surface area contributed by atoms with Crippen LogP contribution in [0.1, 0.15) is 19.5 Å². The maximum atomic E-state index is 12.1. The van der Waals surface area contributed by atoms with Crippen LogP contribution in [-0.2, 0) is 20.7 Å². The lowest BCUT2D eigenvalue weighted by Crippen LogP contribution is -2.22. The smallest absolute Gasteiger partial charge is 0.311 e. The van der Waals surface area contributed by atoms with E-state index in [1.54, 1.807) is 37.7 Å². The van der Waals surface area contributed by atoms with Gasteiger partial charge >= 0.3 is 5.97 Å². The lowest BCUT2D eigenvalue weighted by atomic mass is 10.3. The van der Waals surface area contributed by atoms with Gasteiger partial charge in [-0.2, -0.15) is 0 Å². The summed E-state index contributed by atoms with van der Waals surface area (Å²) in [6, 6.07) is 1.72. The highest BCUT2D eigenvalue weighted by atomic mass is 32.2. The van der Waals surface area contributed by atoms with Crippen molar-refractivity contribution in [3.8, 4) is 0 Å². The summed E-state index contributed by atoms with van der Waals surface area (Å²) in [5.74, 6) is -0.527. The Balaban J connectivity index is 1.87. The third-order valence-corrected chi connectivity index (χ3v) is 4.40. The van der Waals surface area contributed by atoms with Crippen molar-refractivity contribution in [2.45, 2.75) is 30.7 Å². The molecule has 0 fully saturated rings. The van der Waals surface area contributed by atoms with Gasteiger partial charge in [-0.15, -0.1) is 11.3 Å². The molecule has 1 amide bonds. The standard InChI is InChI=1S/C14H16N4O3S2/c1-3-21-11(19)7-10-8-22-14(17-10)18-12(20)9(2)23-13-15-5-4-6-16-13/h4-6,8-9H,3,7H2,1-2H3,(H,17,18,20). The lowest BCUT2D eigenvalue weighted by Gasteiger charge is -2.08. The first-order chi connectivity index (χ1) is 11.1. The van der Waals surface area contributed by atoms with Crippen LogP contribution in [0.15, 0.2) is 29.0 Å². The van der Waals surface area contributed by atoms with Crippen LogP contribution in [0.5, 0.6) is 0 Å². The summed E-state index contributed by atoms with van der Waals surface area (Å²) < 4.78 is 4.86. The van der Waals surface area contributed by atoms with E-state index in [0.717, 1.165) is 0 Å². The summed E-state index contributed by atoms with van der Waals surface area (Å²) in [4.78, 5) is 35.9. The molecule has 0 bridgehead atoms. The molecule has 1 atom stereocenters. The van der Waals surface area contributed by atoms with Crippen molar-refractivity contribution in [1.82, 2.24) is 15.0 Å². The number of nitrogens with zero attached hydrogens (tertiary/aromatic N) is 3. The number of esters is 1. The van der Waals surface area contributed by atoms with Crippen molar-refractivity contribution >= 4 is 40.1 Å². The zero-order chi connectivity index (χ0) is 16.7. The molecule has 0 aliphatic heterocycles. The molecule has 9 heteroatoms. The highest BCUT2D eigenvalue weighted by Crippen LogP contribution is 2.21. The number of amides is 1. The number of carbonyl (C=O) groups is 2. The van der Waals surface area contributed by atoms with Crippen molar-refractivity contribution in [3.63, 3.8) is 0 Å². The largest absolute Gasteiger partial charge is 0.466 e. The molecule has 7 nitrogen and oxygen atoms in total. The molecule has 2 aromatic heterocycles. The van der Waals surface area contributed by atoms with Gasteiger partial charge in [-0.3, -0.25) is 9.59 Å². The number of ether oxygens (including phenoxy) is 1. The van der Waals surface area contributed by atoms with Crippen LogP contribution in [0, 0.1) is 0 Å². The quantitative estimate of drug-likeness (QED) is 0.463. The Morgan fingerprint density at radius 3 is 2.83 bits per heavy atom. The maximum Gasteiger partial charge on any atom is 0.311 e. The number of nitrogens with one attached hydrogen (secondary N) is 1. The van der Waals surface area contributed by atoms with Crippen LogP contribution in [-0.4, -0.2) is 38.7 Å². The van der Waals surface area contributed by atoms with Crippen LogP contribution in [0.2, 0.25) is 0 Å². The van der Waals surface area contributed by atoms with Crippen molar-refractivity contribution in [1.29, 1.82) is 0 Å². The van der Waals surface area contributed by atoms with Crippen molar-refractivity contribution in [2.75, 3.05) is 11.9 Å². The second-order valence-electron chi connectivity index (χ2n) is 4.41. The number of anilines is 1. The molecule has 0 aliphatic carbocycles. The minimum Gasteiger partial charge on any atom is -0.466 e. The highest BCUT2D eigenvalue weighted by Gasteiger charge is 2.17. The Kier molecular flexibility index (Phi) is 6.48. The first-order valence-electron chi connectivity index (χ1n) is 6.93. The van der Waals surface area contributed by atoms with Gasteiger partial charge in [-0.05, 0) is 19.9 Å². The Bertz CT molecular complexity index is 663. The van der Waals surface area contributed by atoms with Gasteiger partial charge in [-0.1, -0.05) is 11.8 Å². The Morgan fingerprint density at radius 2 is 2.13 bits per heavy atom. The third-order valence-electron chi connectivity index (χ3n) is 2.61. The molecular formula is C14H16N4O3S2. The van der Waals surface area contributed by atoms with E-state index in [1.165, 1.54) is 23.1 Å². The summed E-state index contributed by atoms with van der Waals surface area (Å²) in [5.41, 5.74) is 0.579. The van der Waals surface area contributed by atoms with E-state index < -0.39 is 0 Å². The number of thioether (sulfide) groups is 1. The summed E-state index contributed by atoms with van der Waals surface area (Å²) in [5, 5.41) is 5.08. The lowest BCUT2D eigenvalue weighted by molar-refractivity contribution is -0.142. The summed E-state index contributed by atoms with van der Waals surface area (Å²) >= 11 is 2.53. The van der Waals surface area contributed by atoms with E-state index in [0.29, 0.717) is 22.6 Å². The molecule has 23 heavy (non-hydrogen) atoms. The zero-order valence-electron chi connectivity index (χ0n) is 12.7. The summed E-state index contributed by atoms with van der Waals surface area (Å²) in [7, 11) is 0. The number of aromatic nitrogens is 3. The van der Waals surface area contributed by atoms with E-state index in [2.05, 4.69) is 20.3 Å². The van der Waals surface area contributed by atoms with Crippen molar-refractivity contribution < 1.29 is 14.3 Å². The number of hydrogen-bond donors (Lipinski definition) is 1. The number of rotatable bonds is 7. The molecule has 122 valence electrons. The van der Waals surface area contributed by atoms with Crippen LogP contribution in [0.4, 0.5) is 5.13 Å². The molecule has 1 unspecified atom stereocenters. The van der Waals surface area contributed by atoms with Crippen LogP contribution < -0.4 is 5.32 Å². The molecule has 0 saturated heterocycles. The molecule has 1 N–H and O–H groups in total. The molecule has 2 heterocycles. The van der Waals surface area contributed by atoms with Crippen LogP contribution in [0.25, 0.3) is 0 Å². The predicted molar refractivity (Wildman–Crippen MR) is 88.4 cm³/mol. The minimum atomic E-state index is -0.366. The van der Waals surface area contributed by atoms with Crippen LogP contribution in [0.3, 0.4) is 0 Å². The summed E-state index contributed by atoms with van der Waals surface area (Å²) in [6.45, 7) is 3.85. The Morgan fingerprint density at radius 1 is 1.39 bits per heavy atom.